The number of carbonyl (C=O) groups excluding carboxylic acids is 1. The molecule has 1 aliphatic rings. The fourth-order valence-corrected chi connectivity index (χ4v) is 2.93. The van der Waals surface area contributed by atoms with Crippen molar-refractivity contribution in [2.45, 2.75) is 45.1 Å². The van der Waals surface area contributed by atoms with Crippen LogP contribution in [0, 0.1) is 6.92 Å². The Balaban J connectivity index is 1.58. The van der Waals surface area contributed by atoms with Gasteiger partial charge in [-0.3, -0.25) is 4.79 Å². The molecule has 1 amide bonds. The highest BCUT2D eigenvalue weighted by Crippen LogP contribution is 2.21. The second-order valence-electron chi connectivity index (χ2n) is 6.23. The third-order valence-corrected chi connectivity index (χ3v) is 4.29. The number of amides is 1. The Labute approximate surface area is 137 Å². The molecule has 2 N–H and O–H groups in total. The van der Waals surface area contributed by atoms with E-state index in [1.807, 2.05) is 43.3 Å². The molecule has 2 aromatic rings. The molecule has 120 valence electrons. The van der Waals surface area contributed by atoms with Crippen LogP contribution in [0.25, 0.3) is 0 Å². The van der Waals surface area contributed by atoms with Crippen molar-refractivity contribution in [2.75, 3.05) is 10.6 Å². The quantitative estimate of drug-likeness (QED) is 0.881. The first kappa shape index (κ1) is 15.5. The Morgan fingerprint density at radius 3 is 2.43 bits per heavy atom. The smallest absolute Gasteiger partial charge is 0.256 e. The van der Waals surface area contributed by atoms with E-state index in [9.17, 15) is 4.79 Å². The molecular formula is C19H23N3O. The van der Waals surface area contributed by atoms with Gasteiger partial charge in [-0.1, -0.05) is 37.0 Å². The average Bonchev–Trinajstić information content (AvgIpc) is 2.58. The maximum Gasteiger partial charge on any atom is 0.256 e. The second kappa shape index (κ2) is 7.27. The standard InChI is InChI=1S/C19H23N3O/c1-14-7-9-15(10-8-14)19(23)22-18-12-11-17(13-20-18)21-16-5-3-2-4-6-16/h7-13,16,21H,2-6H2,1H3,(H,20,22,23). The van der Waals surface area contributed by atoms with Crippen LogP contribution in [0.1, 0.15) is 48.0 Å². The van der Waals surface area contributed by atoms with E-state index in [4.69, 9.17) is 0 Å². The minimum atomic E-state index is -0.134. The molecule has 1 aromatic carbocycles. The Hall–Kier alpha value is -2.36. The minimum Gasteiger partial charge on any atom is -0.381 e. The van der Waals surface area contributed by atoms with Crippen LogP contribution in [0.4, 0.5) is 11.5 Å². The van der Waals surface area contributed by atoms with E-state index in [0.29, 0.717) is 17.4 Å². The topological polar surface area (TPSA) is 54.0 Å². The Morgan fingerprint density at radius 1 is 1.04 bits per heavy atom. The zero-order valence-corrected chi connectivity index (χ0v) is 13.5. The summed E-state index contributed by atoms with van der Waals surface area (Å²) in [6.45, 7) is 2.00. The number of hydrogen-bond acceptors (Lipinski definition) is 3. The lowest BCUT2D eigenvalue weighted by atomic mass is 9.95. The third kappa shape index (κ3) is 4.31. The zero-order chi connectivity index (χ0) is 16.1. The minimum absolute atomic E-state index is 0.134. The summed E-state index contributed by atoms with van der Waals surface area (Å²) in [5.74, 6) is 0.440. The lowest BCUT2D eigenvalue weighted by Gasteiger charge is -2.23. The fraction of sp³-hybridized carbons (Fsp3) is 0.368. The summed E-state index contributed by atoms with van der Waals surface area (Å²) in [5.41, 5.74) is 2.80. The normalized spacial score (nSPS) is 15.2. The van der Waals surface area contributed by atoms with Gasteiger partial charge in [0, 0.05) is 11.6 Å². The molecule has 4 heteroatoms. The van der Waals surface area contributed by atoms with Crippen LogP contribution < -0.4 is 10.6 Å². The lowest BCUT2D eigenvalue weighted by molar-refractivity contribution is 0.102. The maximum absolute atomic E-state index is 12.2. The molecule has 1 fully saturated rings. The van der Waals surface area contributed by atoms with Crippen molar-refractivity contribution in [1.82, 2.24) is 4.98 Å². The number of hydrogen-bond donors (Lipinski definition) is 2. The van der Waals surface area contributed by atoms with Crippen molar-refractivity contribution < 1.29 is 4.79 Å². The van der Waals surface area contributed by atoms with Gasteiger partial charge in [-0.05, 0) is 44.0 Å². The van der Waals surface area contributed by atoms with E-state index in [-0.39, 0.29) is 5.91 Å². The van der Waals surface area contributed by atoms with E-state index < -0.39 is 0 Å². The van der Waals surface area contributed by atoms with E-state index in [1.54, 1.807) is 6.20 Å². The highest BCUT2D eigenvalue weighted by molar-refractivity contribution is 6.03. The zero-order valence-electron chi connectivity index (χ0n) is 13.5. The van der Waals surface area contributed by atoms with Crippen LogP contribution in [0.2, 0.25) is 0 Å². The maximum atomic E-state index is 12.2. The molecule has 1 aromatic heterocycles. The fourth-order valence-electron chi connectivity index (χ4n) is 2.93. The highest BCUT2D eigenvalue weighted by Gasteiger charge is 2.13. The van der Waals surface area contributed by atoms with E-state index in [2.05, 4.69) is 15.6 Å². The first-order chi connectivity index (χ1) is 11.2. The Kier molecular flexibility index (Phi) is 4.91. The number of pyridine rings is 1. The van der Waals surface area contributed by atoms with E-state index in [1.165, 1.54) is 32.1 Å². The summed E-state index contributed by atoms with van der Waals surface area (Å²) in [7, 11) is 0. The van der Waals surface area contributed by atoms with E-state index >= 15 is 0 Å². The molecule has 1 aliphatic carbocycles. The van der Waals surface area contributed by atoms with Crippen LogP contribution in [-0.4, -0.2) is 16.9 Å². The Bertz CT molecular complexity index is 643. The average molecular weight is 309 g/mol. The van der Waals surface area contributed by atoms with Gasteiger partial charge in [-0.15, -0.1) is 0 Å². The molecule has 4 nitrogen and oxygen atoms in total. The molecule has 1 saturated carbocycles. The molecule has 1 heterocycles. The van der Waals surface area contributed by atoms with Crippen molar-refractivity contribution in [1.29, 1.82) is 0 Å². The lowest BCUT2D eigenvalue weighted by Crippen LogP contribution is -2.22. The molecule has 0 aliphatic heterocycles. The summed E-state index contributed by atoms with van der Waals surface area (Å²) >= 11 is 0. The summed E-state index contributed by atoms with van der Waals surface area (Å²) in [5, 5.41) is 6.35. The molecule has 23 heavy (non-hydrogen) atoms. The van der Waals surface area contributed by atoms with Gasteiger partial charge < -0.3 is 10.6 Å². The summed E-state index contributed by atoms with van der Waals surface area (Å²) in [4.78, 5) is 16.5. The number of aromatic nitrogens is 1. The summed E-state index contributed by atoms with van der Waals surface area (Å²) in [6.07, 6.45) is 8.20. The molecule has 0 bridgehead atoms. The number of aryl methyl sites for hydroxylation is 1. The van der Waals surface area contributed by atoms with Gasteiger partial charge in [0.25, 0.3) is 5.91 Å². The van der Waals surface area contributed by atoms with Gasteiger partial charge in [-0.25, -0.2) is 4.98 Å². The van der Waals surface area contributed by atoms with Gasteiger partial charge in [-0.2, -0.15) is 0 Å². The van der Waals surface area contributed by atoms with Crippen LogP contribution in [-0.2, 0) is 0 Å². The molecule has 0 unspecified atom stereocenters. The third-order valence-electron chi connectivity index (χ3n) is 4.29. The van der Waals surface area contributed by atoms with Crippen molar-refractivity contribution in [3.05, 3.63) is 53.7 Å². The van der Waals surface area contributed by atoms with Crippen LogP contribution in [0.15, 0.2) is 42.6 Å². The first-order valence-electron chi connectivity index (χ1n) is 8.31. The largest absolute Gasteiger partial charge is 0.381 e. The number of anilines is 2. The van der Waals surface area contributed by atoms with Crippen LogP contribution in [0.3, 0.4) is 0 Å². The number of benzene rings is 1. The van der Waals surface area contributed by atoms with Crippen molar-refractivity contribution in [2.24, 2.45) is 0 Å². The van der Waals surface area contributed by atoms with Crippen LogP contribution >= 0.6 is 0 Å². The first-order valence-corrected chi connectivity index (χ1v) is 8.31. The van der Waals surface area contributed by atoms with Gasteiger partial charge in [0.2, 0.25) is 0 Å². The summed E-state index contributed by atoms with van der Waals surface area (Å²) in [6, 6.07) is 11.9. The highest BCUT2D eigenvalue weighted by atomic mass is 16.1. The van der Waals surface area contributed by atoms with Gasteiger partial charge in [0.15, 0.2) is 0 Å². The predicted octanol–water partition coefficient (Wildman–Crippen LogP) is 4.39. The van der Waals surface area contributed by atoms with Crippen LogP contribution in [0.5, 0.6) is 0 Å². The molecule has 0 radical (unpaired) electrons. The number of carbonyl (C=O) groups is 1. The molecule has 3 rings (SSSR count). The van der Waals surface area contributed by atoms with Crippen molar-refractivity contribution >= 4 is 17.4 Å². The number of nitrogens with zero attached hydrogens (tertiary/aromatic N) is 1. The second-order valence-corrected chi connectivity index (χ2v) is 6.23. The Morgan fingerprint density at radius 2 is 1.78 bits per heavy atom. The predicted molar refractivity (Wildman–Crippen MR) is 93.9 cm³/mol. The molecular weight excluding hydrogens is 286 g/mol. The summed E-state index contributed by atoms with van der Waals surface area (Å²) < 4.78 is 0. The number of nitrogens with one attached hydrogen (secondary N) is 2. The number of rotatable bonds is 4. The molecule has 0 saturated heterocycles. The molecule has 0 atom stereocenters. The van der Waals surface area contributed by atoms with Gasteiger partial charge in [0.1, 0.15) is 5.82 Å². The van der Waals surface area contributed by atoms with E-state index in [0.717, 1.165) is 11.3 Å². The van der Waals surface area contributed by atoms with Gasteiger partial charge >= 0.3 is 0 Å². The SMILES string of the molecule is Cc1ccc(C(=O)Nc2ccc(NC3CCCCC3)cn2)cc1. The monoisotopic (exact) mass is 309 g/mol. The van der Waals surface area contributed by atoms with Gasteiger partial charge in [0.05, 0.1) is 11.9 Å². The van der Waals surface area contributed by atoms with Crippen molar-refractivity contribution in [3.8, 4) is 0 Å². The molecule has 0 spiro atoms. The van der Waals surface area contributed by atoms with Crippen molar-refractivity contribution in [3.63, 3.8) is 0 Å².